The third-order valence-electron chi connectivity index (χ3n) is 1.98. The lowest BCUT2D eigenvalue weighted by Gasteiger charge is -2.11. The molecule has 0 heterocycles. The van der Waals surface area contributed by atoms with E-state index in [2.05, 4.69) is 31.4 Å². The molecule has 0 radical (unpaired) electrons. The van der Waals surface area contributed by atoms with Crippen LogP contribution in [0.1, 0.15) is 33.6 Å². The molecule has 2 N–H and O–H groups in total. The zero-order valence-electron chi connectivity index (χ0n) is 8.82. The monoisotopic (exact) mass is 172 g/mol. The summed E-state index contributed by atoms with van der Waals surface area (Å²) >= 11 is 0. The fourth-order valence-electron chi connectivity index (χ4n) is 1.15. The van der Waals surface area contributed by atoms with Gasteiger partial charge in [-0.1, -0.05) is 20.8 Å². The molecule has 2 heteroatoms. The van der Waals surface area contributed by atoms with Crippen molar-refractivity contribution in [2.75, 3.05) is 26.2 Å². The van der Waals surface area contributed by atoms with Crippen LogP contribution in [0.4, 0.5) is 0 Å². The fourth-order valence-corrected chi connectivity index (χ4v) is 1.15. The van der Waals surface area contributed by atoms with Crippen LogP contribution >= 0.6 is 0 Å². The summed E-state index contributed by atoms with van der Waals surface area (Å²) in [6.45, 7) is 11.2. The van der Waals surface area contributed by atoms with Gasteiger partial charge >= 0.3 is 0 Å². The van der Waals surface area contributed by atoms with E-state index in [9.17, 15) is 0 Å². The minimum absolute atomic E-state index is 0.801. The van der Waals surface area contributed by atoms with Gasteiger partial charge in [0.25, 0.3) is 0 Å². The Morgan fingerprint density at radius 1 is 1.08 bits per heavy atom. The summed E-state index contributed by atoms with van der Waals surface area (Å²) in [5, 5.41) is 6.78. The van der Waals surface area contributed by atoms with Crippen molar-refractivity contribution in [1.82, 2.24) is 10.6 Å². The Kier molecular flexibility index (Phi) is 8.95. The smallest absolute Gasteiger partial charge is 0.00227 e. The van der Waals surface area contributed by atoms with Gasteiger partial charge in [-0.25, -0.2) is 0 Å². The van der Waals surface area contributed by atoms with Crippen LogP contribution < -0.4 is 10.6 Å². The molecular weight excluding hydrogens is 148 g/mol. The lowest BCUT2D eigenvalue weighted by molar-refractivity contribution is 0.467. The summed E-state index contributed by atoms with van der Waals surface area (Å²) < 4.78 is 0. The van der Waals surface area contributed by atoms with Crippen LogP contribution in [0, 0.1) is 5.92 Å². The summed E-state index contributed by atoms with van der Waals surface area (Å²) in [5.74, 6) is 0.801. The van der Waals surface area contributed by atoms with E-state index in [1.807, 2.05) is 0 Å². The van der Waals surface area contributed by atoms with E-state index in [0.717, 1.165) is 25.6 Å². The predicted molar refractivity (Wildman–Crippen MR) is 55.5 cm³/mol. The number of hydrogen-bond donors (Lipinski definition) is 2. The topological polar surface area (TPSA) is 24.1 Å². The van der Waals surface area contributed by atoms with Crippen LogP contribution in [0.5, 0.6) is 0 Å². The maximum absolute atomic E-state index is 3.43. The second-order valence-corrected chi connectivity index (χ2v) is 3.45. The number of rotatable bonds is 8. The standard InChI is InChI=1S/C10H24N2/c1-4-7-12-9-10(3)6-8-11-5-2/h10-12H,4-9H2,1-3H3. The molecule has 0 spiro atoms. The molecule has 2 nitrogen and oxygen atoms in total. The van der Waals surface area contributed by atoms with Crippen molar-refractivity contribution in [3.05, 3.63) is 0 Å². The highest BCUT2D eigenvalue weighted by atomic mass is 14.9. The van der Waals surface area contributed by atoms with E-state index in [0.29, 0.717) is 0 Å². The molecule has 0 aromatic heterocycles. The molecule has 0 bridgehead atoms. The van der Waals surface area contributed by atoms with Gasteiger partial charge in [-0.15, -0.1) is 0 Å². The minimum atomic E-state index is 0.801. The fraction of sp³-hybridized carbons (Fsp3) is 1.00. The molecule has 0 saturated heterocycles. The molecule has 0 fully saturated rings. The van der Waals surface area contributed by atoms with Gasteiger partial charge in [0.2, 0.25) is 0 Å². The molecule has 0 amide bonds. The van der Waals surface area contributed by atoms with Crippen LogP contribution in [0.25, 0.3) is 0 Å². The van der Waals surface area contributed by atoms with E-state index >= 15 is 0 Å². The molecule has 12 heavy (non-hydrogen) atoms. The zero-order valence-corrected chi connectivity index (χ0v) is 8.82. The second kappa shape index (κ2) is 9.01. The van der Waals surface area contributed by atoms with Crippen molar-refractivity contribution in [3.63, 3.8) is 0 Å². The lowest BCUT2D eigenvalue weighted by Crippen LogP contribution is -2.25. The van der Waals surface area contributed by atoms with Gasteiger partial charge in [-0.3, -0.25) is 0 Å². The highest BCUT2D eigenvalue weighted by Crippen LogP contribution is 1.97. The van der Waals surface area contributed by atoms with E-state index < -0.39 is 0 Å². The normalized spacial score (nSPS) is 13.2. The van der Waals surface area contributed by atoms with Gasteiger partial charge in [0.1, 0.15) is 0 Å². The number of hydrogen-bond acceptors (Lipinski definition) is 2. The third-order valence-corrected chi connectivity index (χ3v) is 1.98. The molecule has 0 aromatic rings. The Morgan fingerprint density at radius 3 is 2.42 bits per heavy atom. The van der Waals surface area contributed by atoms with E-state index in [-0.39, 0.29) is 0 Å². The van der Waals surface area contributed by atoms with Gasteiger partial charge in [-0.2, -0.15) is 0 Å². The van der Waals surface area contributed by atoms with Gasteiger partial charge in [0, 0.05) is 0 Å². The quantitative estimate of drug-likeness (QED) is 0.544. The maximum Gasteiger partial charge on any atom is -0.00227 e. The van der Waals surface area contributed by atoms with E-state index in [1.54, 1.807) is 0 Å². The molecule has 1 atom stereocenters. The van der Waals surface area contributed by atoms with Crippen LogP contribution in [0.15, 0.2) is 0 Å². The molecule has 0 rings (SSSR count). The van der Waals surface area contributed by atoms with Crippen molar-refractivity contribution in [1.29, 1.82) is 0 Å². The van der Waals surface area contributed by atoms with Crippen LogP contribution in [0.3, 0.4) is 0 Å². The van der Waals surface area contributed by atoms with Crippen molar-refractivity contribution < 1.29 is 0 Å². The number of nitrogens with one attached hydrogen (secondary N) is 2. The van der Waals surface area contributed by atoms with Crippen molar-refractivity contribution in [3.8, 4) is 0 Å². The summed E-state index contributed by atoms with van der Waals surface area (Å²) in [7, 11) is 0. The summed E-state index contributed by atoms with van der Waals surface area (Å²) in [6, 6.07) is 0. The van der Waals surface area contributed by atoms with Gasteiger partial charge in [-0.05, 0) is 44.9 Å². The molecule has 0 aliphatic carbocycles. The molecule has 0 aliphatic heterocycles. The summed E-state index contributed by atoms with van der Waals surface area (Å²) in [5.41, 5.74) is 0. The van der Waals surface area contributed by atoms with Crippen molar-refractivity contribution >= 4 is 0 Å². The SMILES string of the molecule is CCCNCC(C)CCNCC. The Labute approximate surface area is 77.1 Å². The first kappa shape index (κ1) is 11.9. The van der Waals surface area contributed by atoms with Crippen LogP contribution in [-0.4, -0.2) is 26.2 Å². The van der Waals surface area contributed by atoms with E-state index in [4.69, 9.17) is 0 Å². The van der Waals surface area contributed by atoms with Crippen molar-refractivity contribution in [2.24, 2.45) is 5.92 Å². The first-order valence-corrected chi connectivity index (χ1v) is 5.22. The van der Waals surface area contributed by atoms with Crippen LogP contribution in [0.2, 0.25) is 0 Å². The maximum atomic E-state index is 3.43. The highest BCUT2D eigenvalue weighted by molar-refractivity contribution is 4.58. The molecule has 0 aliphatic rings. The first-order chi connectivity index (χ1) is 5.81. The Morgan fingerprint density at radius 2 is 1.83 bits per heavy atom. The zero-order chi connectivity index (χ0) is 9.23. The molecule has 74 valence electrons. The Hall–Kier alpha value is -0.0800. The average Bonchev–Trinajstić information content (AvgIpc) is 2.06. The van der Waals surface area contributed by atoms with Crippen molar-refractivity contribution in [2.45, 2.75) is 33.6 Å². The van der Waals surface area contributed by atoms with E-state index in [1.165, 1.54) is 19.4 Å². The minimum Gasteiger partial charge on any atom is -0.317 e. The highest BCUT2D eigenvalue weighted by Gasteiger charge is 1.99. The molecule has 0 aromatic carbocycles. The third kappa shape index (κ3) is 8.02. The van der Waals surface area contributed by atoms with Gasteiger partial charge in [0.15, 0.2) is 0 Å². The van der Waals surface area contributed by atoms with Crippen LogP contribution in [-0.2, 0) is 0 Å². The summed E-state index contributed by atoms with van der Waals surface area (Å²) in [4.78, 5) is 0. The Bertz CT molecular complexity index is 73.9. The Balaban J connectivity index is 3.04. The molecule has 1 unspecified atom stereocenters. The first-order valence-electron chi connectivity index (χ1n) is 5.22. The summed E-state index contributed by atoms with van der Waals surface area (Å²) in [6.07, 6.45) is 2.52. The predicted octanol–water partition coefficient (Wildman–Crippen LogP) is 1.62. The van der Waals surface area contributed by atoms with Gasteiger partial charge in [0.05, 0.1) is 0 Å². The molecular formula is C10H24N2. The largest absolute Gasteiger partial charge is 0.317 e. The van der Waals surface area contributed by atoms with Gasteiger partial charge < -0.3 is 10.6 Å². The molecule has 0 saturated carbocycles. The lowest BCUT2D eigenvalue weighted by atomic mass is 10.1. The average molecular weight is 172 g/mol. The second-order valence-electron chi connectivity index (χ2n) is 3.45.